The monoisotopic (exact) mass is 445 g/mol. The number of carbonyl (C=O) groups excluding carboxylic acids is 1. The van der Waals surface area contributed by atoms with E-state index in [1.807, 2.05) is 12.1 Å². The molecule has 2 fully saturated rings. The predicted molar refractivity (Wildman–Crippen MR) is 123 cm³/mol. The van der Waals surface area contributed by atoms with Crippen molar-refractivity contribution in [3.05, 3.63) is 60.2 Å². The molecule has 2 unspecified atom stereocenters. The molecule has 3 aliphatic rings. The number of nitrogens with zero attached hydrogens (tertiary/aromatic N) is 5. The molecule has 3 aromatic rings. The van der Waals surface area contributed by atoms with Gasteiger partial charge >= 0.3 is 0 Å². The summed E-state index contributed by atoms with van der Waals surface area (Å²) in [5.41, 5.74) is 0.795. The minimum absolute atomic E-state index is 0.0161. The molecule has 1 aromatic carbocycles. The second-order valence-corrected chi connectivity index (χ2v) is 9.67. The molecule has 33 heavy (non-hydrogen) atoms. The van der Waals surface area contributed by atoms with Crippen molar-refractivity contribution in [2.45, 2.75) is 69.4 Å². The first-order chi connectivity index (χ1) is 16.2. The van der Waals surface area contributed by atoms with Crippen LogP contribution in [0.1, 0.15) is 68.1 Å². The van der Waals surface area contributed by atoms with Crippen LogP contribution in [-0.4, -0.2) is 31.7 Å². The second-order valence-electron chi connectivity index (χ2n) is 9.67. The van der Waals surface area contributed by atoms with Crippen LogP contribution < -0.4 is 4.90 Å². The van der Waals surface area contributed by atoms with Gasteiger partial charge in [0.05, 0.1) is 11.1 Å². The van der Waals surface area contributed by atoms with Gasteiger partial charge in [-0.2, -0.15) is 4.98 Å². The molecule has 2 aromatic heterocycles. The van der Waals surface area contributed by atoms with E-state index >= 15 is 0 Å². The maximum Gasteiger partial charge on any atom is 0.263 e. The van der Waals surface area contributed by atoms with Crippen LogP contribution in [0, 0.1) is 11.7 Å². The highest BCUT2D eigenvalue weighted by Gasteiger charge is 2.55. The summed E-state index contributed by atoms with van der Waals surface area (Å²) in [5.74, 6) is 0.631. The maximum atomic E-state index is 14.7. The number of rotatable bonds is 2. The van der Waals surface area contributed by atoms with Gasteiger partial charge in [0.25, 0.3) is 5.91 Å². The minimum atomic E-state index is -0.494. The van der Waals surface area contributed by atoms with Crippen LogP contribution in [-0.2, 0) is 5.54 Å². The summed E-state index contributed by atoms with van der Waals surface area (Å²) in [5, 5.41) is 5.02. The van der Waals surface area contributed by atoms with Gasteiger partial charge in [0.2, 0.25) is 5.95 Å². The summed E-state index contributed by atoms with van der Waals surface area (Å²) in [4.78, 5) is 24.8. The number of benzene rings is 1. The fraction of sp³-hybridized carbons (Fsp3) is 0.462. The van der Waals surface area contributed by atoms with Gasteiger partial charge < -0.3 is 0 Å². The van der Waals surface area contributed by atoms with E-state index in [1.54, 1.807) is 35.5 Å². The molecule has 2 saturated carbocycles. The van der Waals surface area contributed by atoms with Crippen LogP contribution in [0.3, 0.4) is 0 Å². The molecule has 2 atom stereocenters. The molecule has 7 heteroatoms. The van der Waals surface area contributed by atoms with Crippen molar-refractivity contribution in [1.82, 2.24) is 19.7 Å². The average molecular weight is 446 g/mol. The number of pyridine rings is 1. The van der Waals surface area contributed by atoms with Gasteiger partial charge in [0, 0.05) is 29.9 Å². The quantitative estimate of drug-likeness (QED) is 0.533. The van der Waals surface area contributed by atoms with E-state index in [2.05, 4.69) is 9.67 Å². The topological polar surface area (TPSA) is 63.9 Å². The zero-order valence-corrected chi connectivity index (χ0v) is 18.7. The van der Waals surface area contributed by atoms with E-state index in [0.29, 0.717) is 17.7 Å². The van der Waals surface area contributed by atoms with Gasteiger partial charge in [-0.3, -0.25) is 14.7 Å². The van der Waals surface area contributed by atoms with Crippen LogP contribution in [0.15, 0.2) is 48.8 Å². The standard InChI is InChI=1S/C26H28FN5O/c27-21-12-4-2-10-19(21)24(33)31-22-13-5-3-11-20(22)26(14-6-1-7-15-26)32-25(31)29-23(30-32)18-9-8-16-28-17-18/h2,4,8-10,12,16-17,20,22H,1,3,5-7,11,13-15H2. The van der Waals surface area contributed by atoms with Crippen molar-refractivity contribution >= 4 is 11.9 Å². The third kappa shape index (κ3) is 3.20. The lowest BCUT2D eigenvalue weighted by Gasteiger charge is -2.55. The largest absolute Gasteiger partial charge is 0.273 e. The van der Waals surface area contributed by atoms with Crippen LogP contribution >= 0.6 is 0 Å². The Morgan fingerprint density at radius 1 is 1.00 bits per heavy atom. The zero-order chi connectivity index (χ0) is 22.4. The summed E-state index contributed by atoms with van der Waals surface area (Å²) in [7, 11) is 0. The maximum absolute atomic E-state index is 14.7. The molecule has 1 amide bonds. The van der Waals surface area contributed by atoms with E-state index in [0.717, 1.165) is 56.9 Å². The molecular weight excluding hydrogens is 417 g/mol. The lowest BCUT2D eigenvalue weighted by Crippen LogP contribution is -2.61. The van der Waals surface area contributed by atoms with Gasteiger partial charge in [0.1, 0.15) is 5.82 Å². The number of fused-ring (bicyclic) bond motifs is 4. The van der Waals surface area contributed by atoms with Crippen LogP contribution in [0.5, 0.6) is 0 Å². The Hall–Kier alpha value is -3.09. The predicted octanol–water partition coefficient (Wildman–Crippen LogP) is 5.36. The first-order valence-corrected chi connectivity index (χ1v) is 12.1. The fourth-order valence-electron chi connectivity index (χ4n) is 6.48. The minimum Gasteiger partial charge on any atom is -0.273 e. The van der Waals surface area contributed by atoms with Crippen molar-refractivity contribution in [3.63, 3.8) is 0 Å². The Bertz CT molecular complexity index is 1170. The van der Waals surface area contributed by atoms with Crippen LogP contribution in [0.25, 0.3) is 11.4 Å². The molecule has 6 nitrogen and oxygen atoms in total. The van der Waals surface area contributed by atoms with Gasteiger partial charge in [-0.05, 0) is 49.9 Å². The van der Waals surface area contributed by atoms with Crippen molar-refractivity contribution in [3.8, 4) is 11.4 Å². The smallest absolute Gasteiger partial charge is 0.263 e. The highest BCUT2D eigenvalue weighted by Crippen LogP contribution is 2.53. The lowest BCUT2D eigenvalue weighted by molar-refractivity contribution is 0.0313. The summed E-state index contributed by atoms with van der Waals surface area (Å²) < 4.78 is 16.8. The first kappa shape index (κ1) is 20.5. The number of aromatic nitrogens is 4. The van der Waals surface area contributed by atoms with E-state index in [-0.39, 0.29) is 23.1 Å². The average Bonchev–Trinajstić information content (AvgIpc) is 3.32. The van der Waals surface area contributed by atoms with E-state index in [1.165, 1.54) is 12.5 Å². The Balaban J connectivity index is 1.56. The lowest BCUT2D eigenvalue weighted by atomic mass is 9.64. The zero-order valence-electron chi connectivity index (χ0n) is 18.7. The van der Waals surface area contributed by atoms with Crippen molar-refractivity contribution < 1.29 is 9.18 Å². The van der Waals surface area contributed by atoms with Gasteiger partial charge in [-0.15, -0.1) is 5.10 Å². The van der Waals surface area contributed by atoms with E-state index in [4.69, 9.17) is 10.1 Å². The summed E-state index contributed by atoms with van der Waals surface area (Å²) in [6.07, 6.45) is 13.3. The molecule has 6 rings (SSSR count). The van der Waals surface area contributed by atoms with Crippen molar-refractivity contribution in [1.29, 1.82) is 0 Å². The second kappa shape index (κ2) is 8.04. The SMILES string of the molecule is O=C(c1ccccc1F)N1c2nc(-c3cccnc3)nn2C2(CCCCC2)C2CCCCC21. The molecule has 0 radical (unpaired) electrons. The Kier molecular flexibility index (Phi) is 5.00. The molecule has 1 aliphatic heterocycles. The first-order valence-electron chi connectivity index (χ1n) is 12.1. The van der Waals surface area contributed by atoms with Crippen LogP contribution in [0.4, 0.5) is 10.3 Å². The number of amides is 1. The van der Waals surface area contributed by atoms with Gasteiger partial charge in [-0.25, -0.2) is 9.07 Å². The van der Waals surface area contributed by atoms with E-state index in [9.17, 15) is 9.18 Å². The van der Waals surface area contributed by atoms with Gasteiger partial charge in [-0.1, -0.05) is 44.2 Å². The number of anilines is 1. The third-order valence-electron chi connectivity index (χ3n) is 7.94. The Morgan fingerprint density at radius 2 is 1.82 bits per heavy atom. The number of hydrogen-bond acceptors (Lipinski definition) is 4. The van der Waals surface area contributed by atoms with Crippen LogP contribution in [0.2, 0.25) is 0 Å². The van der Waals surface area contributed by atoms with E-state index < -0.39 is 5.82 Å². The molecule has 0 N–H and O–H groups in total. The summed E-state index contributed by atoms with van der Waals surface area (Å²) in [6.45, 7) is 0. The Morgan fingerprint density at radius 3 is 2.61 bits per heavy atom. The van der Waals surface area contributed by atoms with Gasteiger partial charge in [0.15, 0.2) is 5.82 Å². The molecule has 2 aliphatic carbocycles. The molecule has 0 bridgehead atoms. The Labute approximate surface area is 192 Å². The molecular formula is C26H28FN5O. The highest BCUT2D eigenvalue weighted by molar-refractivity contribution is 6.06. The highest BCUT2D eigenvalue weighted by atomic mass is 19.1. The van der Waals surface area contributed by atoms with Crippen molar-refractivity contribution in [2.24, 2.45) is 5.92 Å². The number of hydrogen-bond donors (Lipinski definition) is 0. The number of halogens is 1. The fourth-order valence-corrected chi connectivity index (χ4v) is 6.48. The summed E-state index contributed by atoms with van der Waals surface area (Å²) >= 11 is 0. The van der Waals surface area contributed by atoms with Crippen molar-refractivity contribution in [2.75, 3.05) is 4.90 Å². The number of carbonyl (C=O) groups is 1. The molecule has 3 heterocycles. The molecule has 0 saturated heterocycles. The normalized spacial score (nSPS) is 23.7. The summed E-state index contributed by atoms with van der Waals surface area (Å²) in [6, 6.07) is 10.1. The third-order valence-corrected chi connectivity index (χ3v) is 7.94. The molecule has 1 spiro atoms. The molecule has 170 valence electrons.